The van der Waals surface area contributed by atoms with Crippen LogP contribution in [0.3, 0.4) is 0 Å². The average molecular weight is 245 g/mol. The van der Waals surface area contributed by atoms with Gasteiger partial charge in [0.05, 0.1) is 7.11 Å². The van der Waals surface area contributed by atoms with Crippen molar-refractivity contribution in [2.75, 3.05) is 7.11 Å². The van der Waals surface area contributed by atoms with Crippen LogP contribution in [0, 0.1) is 0 Å². The Labute approximate surface area is 118 Å². The fourth-order valence-electron chi connectivity index (χ4n) is 1.43. The molecule has 0 aliphatic carbocycles. The van der Waals surface area contributed by atoms with Gasteiger partial charge in [-0.3, -0.25) is 9.19 Å². The number of benzene rings is 1. The molecule has 16 heavy (non-hydrogen) atoms. The summed E-state index contributed by atoms with van der Waals surface area (Å²) < 4.78 is 27.0. The summed E-state index contributed by atoms with van der Waals surface area (Å²) in [5, 5.41) is 0.574. The minimum absolute atomic E-state index is 0. The van der Waals surface area contributed by atoms with E-state index in [1.54, 1.807) is 24.4 Å². The van der Waals surface area contributed by atoms with E-state index in [4.69, 9.17) is 4.74 Å². The maximum atomic E-state index is 10.9. The third-order valence-electron chi connectivity index (χ3n) is 2.09. The first-order chi connectivity index (χ1) is 7.24. The maximum absolute atomic E-state index is 10.9. The number of fused-ring (bicyclic) bond motifs is 1. The summed E-state index contributed by atoms with van der Waals surface area (Å²) in [5.41, 5.74) is 0.557. The molecule has 0 bridgehead atoms. The van der Waals surface area contributed by atoms with Crippen molar-refractivity contribution >= 4 is 22.0 Å². The number of aromatic nitrogens is 1. The van der Waals surface area contributed by atoms with E-state index in [0.717, 1.165) is 0 Å². The molecule has 0 aliphatic heterocycles. The van der Waals surface area contributed by atoms with Gasteiger partial charge < -0.3 is 9.29 Å². The Kier molecular flexibility index (Phi) is 4.89. The summed E-state index contributed by atoms with van der Waals surface area (Å²) in [7, 11) is 1.53. The Bertz CT molecular complexity index is 532. The Morgan fingerprint density at radius 3 is 2.75 bits per heavy atom. The van der Waals surface area contributed by atoms with E-state index in [-0.39, 0.29) is 34.5 Å². The largest absolute Gasteiger partial charge is 1.00 e. The molecular weight excluding hydrogens is 237 g/mol. The minimum atomic E-state index is -2.26. The fourth-order valence-corrected chi connectivity index (χ4v) is 1.95. The van der Waals surface area contributed by atoms with Crippen molar-refractivity contribution in [1.82, 2.24) is 4.98 Å². The van der Waals surface area contributed by atoms with Gasteiger partial charge in [-0.25, -0.2) is 0 Å². The van der Waals surface area contributed by atoms with Gasteiger partial charge in [0.25, 0.3) is 0 Å². The van der Waals surface area contributed by atoms with Crippen LogP contribution in [-0.2, 0) is 11.1 Å². The van der Waals surface area contributed by atoms with Crippen molar-refractivity contribution in [3.63, 3.8) is 0 Å². The Hall–Kier alpha value is -0.460. The zero-order chi connectivity index (χ0) is 10.8. The number of ether oxygens (including phenoxy) is 1. The van der Waals surface area contributed by atoms with Crippen LogP contribution >= 0.6 is 0 Å². The molecule has 2 aromatic rings. The molecule has 78 valence electrons. The summed E-state index contributed by atoms with van der Waals surface area (Å²) in [6.45, 7) is 0. The molecule has 0 spiro atoms. The molecule has 0 fully saturated rings. The van der Waals surface area contributed by atoms with Crippen LogP contribution in [0.2, 0.25) is 0 Å². The molecule has 6 heteroatoms. The second-order valence-corrected chi connectivity index (χ2v) is 3.81. The van der Waals surface area contributed by atoms with Crippen LogP contribution in [0.1, 0.15) is 0 Å². The zero-order valence-corrected chi connectivity index (χ0v) is 11.8. The van der Waals surface area contributed by atoms with Gasteiger partial charge in [-0.1, -0.05) is 0 Å². The number of methoxy groups -OCH3 is 1. The van der Waals surface area contributed by atoms with Gasteiger partial charge in [-0.15, -0.1) is 0 Å². The van der Waals surface area contributed by atoms with E-state index in [1.165, 1.54) is 13.2 Å². The first-order valence-electron chi connectivity index (χ1n) is 4.25. The molecule has 1 aromatic heterocycles. The Morgan fingerprint density at radius 1 is 1.38 bits per heavy atom. The van der Waals surface area contributed by atoms with Crippen molar-refractivity contribution < 1.29 is 43.1 Å². The van der Waals surface area contributed by atoms with Gasteiger partial charge in [0, 0.05) is 16.5 Å². The van der Waals surface area contributed by atoms with Crippen molar-refractivity contribution in [1.29, 1.82) is 0 Å². The zero-order valence-electron chi connectivity index (χ0n) is 8.97. The number of rotatable bonds is 2. The number of hydrogen-bond donors (Lipinski definition) is 0. The molecule has 1 atom stereocenters. The third kappa shape index (κ3) is 2.44. The molecule has 2 rings (SSSR count). The minimum Gasteiger partial charge on any atom is -0.768 e. The van der Waals surface area contributed by atoms with Crippen molar-refractivity contribution in [2.45, 2.75) is 4.90 Å². The van der Waals surface area contributed by atoms with Gasteiger partial charge in [0.1, 0.15) is 11.3 Å². The van der Waals surface area contributed by atoms with Gasteiger partial charge in [-0.2, -0.15) is 0 Å². The molecule has 0 radical (unpaired) electrons. The van der Waals surface area contributed by atoms with Crippen LogP contribution < -0.4 is 34.3 Å². The SMILES string of the molecule is COc1ccc(S(=O)[O-])c2cccnc12.[Na+]. The molecule has 0 saturated carbocycles. The van der Waals surface area contributed by atoms with E-state index in [1.807, 2.05) is 0 Å². The second-order valence-electron chi connectivity index (χ2n) is 2.90. The topological polar surface area (TPSA) is 62.2 Å². The van der Waals surface area contributed by atoms with E-state index < -0.39 is 11.1 Å². The third-order valence-corrected chi connectivity index (χ3v) is 2.81. The van der Waals surface area contributed by atoms with E-state index >= 15 is 0 Å². The maximum Gasteiger partial charge on any atom is 1.00 e. The summed E-state index contributed by atoms with van der Waals surface area (Å²) in [6, 6.07) is 6.50. The van der Waals surface area contributed by atoms with Gasteiger partial charge in [0.15, 0.2) is 0 Å². The molecule has 0 N–H and O–H groups in total. The Morgan fingerprint density at radius 2 is 2.12 bits per heavy atom. The first-order valence-corrected chi connectivity index (χ1v) is 5.32. The predicted molar refractivity (Wildman–Crippen MR) is 55.5 cm³/mol. The van der Waals surface area contributed by atoms with Crippen molar-refractivity contribution in [2.24, 2.45) is 0 Å². The van der Waals surface area contributed by atoms with Crippen molar-refractivity contribution in [3.05, 3.63) is 30.5 Å². The second kappa shape index (κ2) is 5.75. The average Bonchev–Trinajstić information content (AvgIpc) is 2.27. The van der Waals surface area contributed by atoms with Crippen LogP contribution in [-0.4, -0.2) is 20.9 Å². The summed E-state index contributed by atoms with van der Waals surface area (Å²) in [5.74, 6) is 0.569. The van der Waals surface area contributed by atoms with Gasteiger partial charge >= 0.3 is 29.6 Å². The number of nitrogens with zero attached hydrogens (tertiary/aromatic N) is 1. The molecule has 4 nitrogen and oxygen atoms in total. The number of pyridine rings is 1. The molecular formula is C10H8NNaO3S. The van der Waals surface area contributed by atoms with Gasteiger partial charge in [0.2, 0.25) is 0 Å². The predicted octanol–water partition coefficient (Wildman–Crippen LogP) is -1.51. The smallest absolute Gasteiger partial charge is 0.768 e. The summed E-state index contributed by atoms with van der Waals surface area (Å²) >= 11 is -2.26. The molecule has 1 unspecified atom stereocenters. The van der Waals surface area contributed by atoms with Crippen molar-refractivity contribution in [3.8, 4) is 5.75 Å². The quantitative estimate of drug-likeness (QED) is 0.476. The van der Waals surface area contributed by atoms with Crippen LogP contribution in [0.4, 0.5) is 0 Å². The summed E-state index contributed by atoms with van der Waals surface area (Å²) in [4.78, 5) is 4.33. The fraction of sp³-hybridized carbons (Fsp3) is 0.100. The van der Waals surface area contributed by atoms with Crippen LogP contribution in [0.15, 0.2) is 35.4 Å². The standard InChI is InChI=1S/C10H9NO3S.Na/c1-14-8-4-5-9(15(12)13)7-3-2-6-11-10(7)8;/h2-6H,1H3,(H,12,13);/q;+1/p-1. The van der Waals surface area contributed by atoms with Crippen LogP contribution in [0.25, 0.3) is 10.9 Å². The molecule has 0 amide bonds. The molecule has 1 aromatic carbocycles. The van der Waals surface area contributed by atoms with Gasteiger partial charge in [-0.05, 0) is 35.3 Å². The molecule has 0 aliphatic rings. The number of hydrogen-bond acceptors (Lipinski definition) is 4. The van der Waals surface area contributed by atoms with E-state index in [0.29, 0.717) is 16.7 Å². The van der Waals surface area contributed by atoms with Crippen LogP contribution in [0.5, 0.6) is 5.75 Å². The monoisotopic (exact) mass is 245 g/mol. The Balaban J connectivity index is 0.00000128. The van der Waals surface area contributed by atoms with E-state index in [9.17, 15) is 8.76 Å². The normalized spacial score (nSPS) is 11.9. The summed E-state index contributed by atoms with van der Waals surface area (Å²) in [6.07, 6.45) is 1.60. The van der Waals surface area contributed by atoms with E-state index in [2.05, 4.69) is 4.98 Å². The first kappa shape index (κ1) is 13.6. The molecule has 1 heterocycles. The molecule has 0 saturated heterocycles.